The summed E-state index contributed by atoms with van der Waals surface area (Å²) < 4.78 is 5.39. The Kier molecular flexibility index (Phi) is 10.0. The van der Waals surface area contributed by atoms with Crippen LogP contribution in [0.3, 0.4) is 0 Å². The van der Waals surface area contributed by atoms with Gasteiger partial charge in [-0.1, -0.05) is 63.6 Å². The van der Waals surface area contributed by atoms with E-state index in [9.17, 15) is 9.59 Å². The van der Waals surface area contributed by atoms with E-state index in [-0.39, 0.29) is 29.7 Å². The van der Waals surface area contributed by atoms with Crippen LogP contribution in [0.2, 0.25) is 0 Å². The highest BCUT2D eigenvalue weighted by molar-refractivity contribution is 5.86. The summed E-state index contributed by atoms with van der Waals surface area (Å²) in [6.07, 6.45) is 7.25. The largest absolute Gasteiger partial charge is 0.383 e. The van der Waals surface area contributed by atoms with Gasteiger partial charge in [-0.3, -0.25) is 9.59 Å². The van der Waals surface area contributed by atoms with E-state index in [0.717, 1.165) is 12.1 Å². The van der Waals surface area contributed by atoms with Crippen LogP contribution in [0.15, 0.2) is 24.3 Å². The van der Waals surface area contributed by atoms with Crippen LogP contribution in [0, 0.1) is 24.7 Å². The molecule has 0 bridgehead atoms. The minimum atomic E-state index is -0.260. The second-order valence-electron chi connectivity index (χ2n) is 10.2. The van der Waals surface area contributed by atoms with Gasteiger partial charge < -0.3 is 20.3 Å². The normalized spacial score (nSPS) is 19.2. The standard InChI is InChI=1S/C27H43N3O3/c1-20(2)25(19-28-24-11-9-21(3)10-12-24)29-27(32)23(17-22-7-5-4-6-8-22)18-26(31)30-13-15-33-16-14-30/h9-12,20,22-23,25,28H,4-8,13-19H2,1-3H3,(H,29,32)/t23-,25-/m1/s1. The second-order valence-corrected chi connectivity index (χ2v) is 10.2. The predicted molar refractivity (Wildman–Crippen MR) is 133 cm³/mol. The Morgan fingerprint density at radius 1 is 1.06 bits per heavy atom. The van der Waals surface area contributed by atoms with E-state index in [1.54, 1.807) is 0 Å². The van der Waals surface area contributed by atoms with Crippen molar-refractivity contribution in [2.75, 3.05) is 38.2 Å². The molecule has 1 heterocycles. The molecule has 0 spiro atoms. The van der Waals surface area contributed by atoms with E-state index in [1.807, 2.05) is 4.90 Å². The molecule has 33 heavy (non-hydrogen) atoms. The molecule has 1 aliphatic heterocycles. The van der Waals surface area contributed by atoms with E-state index in [0.29, 0.717) is 45.2 Å². The lowest BCUT2D eigenvalue weighted by atomic mass is 9.81. The molecule has 1 aromatic rings. The number of aryl methyl sites for hydroxylation is 1. The average molecular weight is 458 g/mol. The summed E-state index contributed by atoms with van der Waals surface area (Å²) >= 11 is 0. The van der Waals surface area contributed by atoms with Gasteiger partial charge in [-0.2, -0.15) is 0 Å². The number of ether oxygens (including phenoxy) is 1. The Morgan fingerprint density at radius 2 is 1.73 bits per heavy atom. The first kappa shape index (κ1) is 25.5. The number of rotatable bonds is 10. The summed E-state index contributed by atoms with van der Waals surface area (Å²) in [7, 11) is 0. The Labute approximate surface area is 199 Å². The van der Waals surface area contributed by atoms with Gasteiger partial charge in [0, 0.05) is 43.7 Å². The fraction of sp³-hybridized carbons (Fsp3) is 0.704. The van der Waals surface area contributed by atoms with Crippen LogP contribution in [0.1, 0.15) is 64.4 Å². The summed E-state index contributed by atoms with van der Waals surface area (Å²) in [6.45, 7) is 9.45. The Hall–Kier alpha value is -2.08. The number of morpholine rings is 1. The van der Waals surface area contributed by atoms with Crippen LogP contribution in [0.5, 0.6) is 0 Å². The van der Waals surface area contributed by atoms with Gasteiger partial charge in [0.25, 0.3) is 0 Å². The quantitative estimate of drug-likeness (QED) is 0.547. The lowest BCUT2D eigenvalue weighted by molar-refractivity contribution is -0.140. The van der Waals surface area contributed by atoms with Crippen molar-refractivity contribution in [2.45, 2.75) is 71.8 Å². The van der Waals surface area contributed by atoms with Crippen molar-refractivity contribution in [2.24, 2.45) is 17.8 Å². The number of hydrogen-bond donors (Lipinski definition) is 2. The molecular formula is C27H43N3O3. The number of amides is 2. The summed E-state index contributed by atoms with van der Waals surface area (Å²) in [6, 6.07) is 8.32. The predicted octanol–water partition coefficient (Wildman–Crippen LogP) is 4.38. The minimum Gasteiger partial charge on any atom is -0.383 e. The third-order valence-corrected chi connectivity index (χ3v) is 7.21. The molecule has 0 radical (unpaired) electrons. The molecule has 1 saturated carbocycles. The molecule has 2 fully saturated rings. The number of carbonyl (C=O) groups excluding carboxylic acids is 2. The molecule has 1 aromatic carbocycles. The molecule has 0 aromatic heterocycles. The van der Waals surface area contributed by atoms with Crippen LogP contribution in [0.4, 0.5) is 5.69 Å². The molecule has 0 unspecified atom stereocenters. The monoisotopic (exact) mass is 457 g/mol. The van der Waals surface area contributed by atoms with Crippen molar-refractivity contribution in [1.82, 2.24) is 10.2 Å². The van der Waals surface area contributed by atoms with Gasteiger partial charge in [0.15, 0.2) is 0 Å². The van der Waals surface area contributed by atoms with Crippen molar-refractivity contribution < 1.29 is 14.3 Å². The number of nitrogens with one attached hydrogen (secondary N) is 2. The molecule has 1 saturated heterocycles. The van der Waals surface area contributed by atoms with Crippen LogP contribution in [0.25, 0.3) is 0 Å². The Bertz CT molecular complexity index is 737. The topological polar surface area (TPSA) is 70.7 Å². The highest BCUT2D eigenvalue weighted by Crippen LogP contribution is 2.31. The molecule has 2 amide bonds. The third-order valence-electron chi connectivity index (χ3n) is 7.21. The van der Waals surface area contributed by atoms with Gasteiger partial charge in [0.05, 0.1) is 13.2 Å². The first-order valence-corrected chi connectivity index (χ1v) is 12.9. The molecular weight excluding hydrogens is 414 g/mol. The first-order valence-electron chi connectivity index (χ1n) is 12.9. The Morgan fingerprint density at radius 3 is 2.36 bits per heavy atom. The van der Waals surface area contributed by atoms with E-state index in [1.165, 1.54) is 37.7 Å². The van der Waals surface area contributed by atoms with Gasteiger partial charge in [-0.05, 0) is 37.3 Å². The molecule has 1 aliphatic carbocycles. The number of anilines is 1. The van der Waals surface area contributed by atoms with Gasteiger partial charge in [0.1, 0.15) is 0 Å². The summed E-state index contributed by atoms with van der Waals surface area (Å²) in [5.74, 6) is 0.705. The van der Waals surface area contributed by atoms with Crippen molar-refractivity contribution in [1.29, 1.82) is 0 Å². The maximum atomic E-state index is 13.5. The van der Waals surface area contributed by atoms with Crippen molar-refractivity contribution in [3.8, 4) is 0 Å². The number of benzene rings is 1. The maximum Gasteiger partial charge on any atom is 0.223 e. The third kappa shape index (κ3) is 8.33. The van der Waals surface area contributed by atoms with E-state index in [2.05, 4.69) is 55.7 Å². The van der Waals surface area contributed by atoms with Crippen LogP contribution in [-0.2, 0) is 14.3 Å². The highest BCUT2D eigenvalue weighted by atomic mass is 16.5. The summed E-state index contributed by atoms with van der Waals surface area (Å²) in [4.78, 5) is 28.3. The minimum absolute atomic E-state index is 0.00569. The molecule has 6 nitrogen and oxygen atoms in total. The first-order chi connectivity index (χ1) is 15.9. The fourth-order valence-electron chi connectivity index (χ4n) is 4.91. The molecule has 184 valence electrons. The smallest absolute Gasteiger partial charge is 0.223 e. The molecule has 6 heteroatoms. The van der Waals surface area contributed by atoms with Gasteiger partial charge >= 0.3 is 0 Å². The van der Waals surface area contributed by atoms with E-state index < -0.39 is 0 Å². The van der Waals surface area contributed by atoms with Crippen LogP contribution >= 0.6 is 0 Å². The number of hydrogen-bond acceptors (Lipinski definition) is 4. The summed E-state index contributed by atoms with van der Waals surface area (Å²) in [5.41, 5.74) is 2.28. The zero-order valence-electron chi connectivity index (χ0n) is 20.8. The molecule has 2 N–H and O–H groups in total. The van der Waals surface area contributed by atoms with Gasteiger partial charge in [-0.25, -0.2) is 0 Å². The van der Waals surface area contributed by atoms with E-state index in [4.69, 9.17) is 4.74 Å². The lowest BCUT2D eigenvalue weighted by Gasteiger charge is -2.31. The molecule has 2 aliphatic rings. The van der Waals surface area contributed by atoms with Gasteiger partial charge in [-0.15, -0.1) is 0 Å². The molecule has 2 atom stereocenters. The van der Waals surface area contributed by atoms with Crippen molar-refractivity contribution in [3.05, 3.63) is 29.8 Å². The van der Waals surface area contributed by atoms with Crippen molar-refractivity contribution in [3.63, 3.8) is 0 Å². The average Bonchev–Trinajstić information content (AvgIpc) is 2.83. The number of nitrogens with zero attached hydrogens (tertiary/aromatic N) is 1. The second kappa shape index (κ2) is 13.0. The fourth-order valence-corrected chi connectivity index (χ4v) is 4.91. The SMILES string of the molecule is Cc1ccc(NC[C@@H](NC(=O)[C@@H](CC(=O)N2CCOCC2)CC2CCCCC2)C(C)C)cc1. The van der Waals surface area contributed by atoms with Gasteiger partial charge in [0.2, 0.25) is 11.8 Å². The van der Waals surface area contributed by atoms with E-state index >= 15 is 0 Å². The highest BCUT2D eigenvalue weighted by Gasteiger charge is 2.30. The van der Waals surface area contributed by atoms with Crippen molar-refractivity contribution >= 4 is 17.5 Å². The zero-order chi connectivity index (χ0) is 23.6. The lowest BCUT2D eigenvalue weighted by Crippen LogP contribution is -2.47. The number of carbonyl (C=O) groups is 2. The zero-order valence-corrected chi connectivity index (χ0v) is 20.8. The Balaban J connectivity index is 1.62. The van der Waals surface area contributed by atoms with Crippen LogP contribution < -0.4 is 10.6 Å². The van der Waals surface area contributed by atoms with Crippen LogP contribution in [-0.4, -0.2) is 55.6 Å². The molecule has 3 rings (SSSR count). The maximum absolute atomic E-state index is 13.5. The summed E-state index contributed by atoms with van der Waals surface area (Å²) in [5, 5.41) is 6.77.